The van der Waals surface area contributed by atoms with Crippen molar-refractivity contribution in [1.29, 1.82) is 0 Å². The van der Waals surface area contributed by atoms with Crippen molar-refractivity contribution < 1.29 is 0 Å². The van der Waals surface area contributed by atoms with Gasteiger partial charge in [-0.15, -0.1) is 0 Å². The highest BCUT2D eigenvalue weighted by Crippen LogP contribution is 2.03. The van der Waals surface area contributed by atoms with Gasteiger partial charge in [-0.2, -0.15) is 0 Å². The second-order valence-corrected chi connectivity index (χ2v) is 4.03. The Labute approximate surface area is 95.9 Å². The minimum atomic E-state index is 0.896. The van der Waals surface area contributed by atoms with Gasteiger partial charge in [0.05, 0.1) is 0 Å². The van der Waals surface area contributed by atoms with E-state index in [1.807, 2.05) is 19.3 Å². The van der Waals surface area contributed by atoms with Gasteiger partial charge in [0.25, 0.3) is 0 Å². The van der Waals surface area contributed by atoms with Gasteiger partial charge in [-0.1, -0.05) is 0 Å². The highest BCUT2D eigenvalue weighted by atomic mass is 15.4. The first-order valence-electron chi connectivity index (χ1n) is 5.55. The molecule has 0 amide bonds. The maximum atomic E-state index is 4.20. The summed E-state index contributed by atoms with van der Waals surface area (Å²) >= 11 is 0. The first-order valence-corrected chi connectivity index (χ1v) is 5.55. The Hall–Kier alpha value is -1.71. The summed E-state index contributed by atoms with van der Waals surface area (Å²) in [6.07, 6.45) is 3.84. The van der Waals surface area contributed by atoms with Crippen molar-refractivity contribution in [3.8, 4) is 0 Å². The molecule has 16 heavy (non-hydrogen) atoms. The van der Waals surface area contributed by atoms with Crippen LogP contribution in [0.1, 0.15) is 17.2 Å². The molecule has 0 aliphatic carbocycles. The summed E-state index contributed by atoms with van der Waals surface area (Å²) in [6.45, 7) is 8.05. The molecule has 0 aromatic carbocycles. The van der Waals surface area contributed by atoms with Gasteiger partial charge in [-0.05, 0) is 32.9 Å². The Kier molecular flexibility index (Phi) is 2.99. The minimum absolute atomic E-state index is 0.896. The predicted octanol–water partition coefficient (Wildman–Crippen LogP) is 1.85. The van der Waals surface area contributed by atoms with Crippen molar-refractivity contribution >= 4 is 0 Å². The number of imidazole rings is 1. The van der Waals surface area contributed by atoms with Gasteiger partial charge in [-0.3, -0.25) is 4.68 Å². The standard InChI is InChI=1S/C12H18N4/c1-10-4-5-11(2)16(10)14-7-9-15-8-6-13-12(15)3/h4-6,8,14H,7,9H2,1-3H3. The number of aromatic nitrogens is 3. The van der Waals surface area contributed by atoms with Crippen molar-refractivity contribution in [3.05, 3.63) is 41.7 Å². The van der Waals surface area contributed by atoms with Crippen LogP contribution in [0.2, 0.25) is 0 Å². The first-order chi connectivity index (χ1) is 7.68. The molecule has 4 nitrogen and oxygen atoms in total. The lowest BCUT2D eigenvalue weighted by atomic mass is 10.5. The van der Waals surface area contributed by atoms with Gasteiger partial charge in [0.1, 0.15) is 5.82 Å². The fraction of sp³-hybridized carbons (Fsp3) is 0.417. The molecule has 1 N–H and O–H groups in total. The number of hydrogen-bond donors (Lipinski definition) is 1. The molecule has 0 aliphatic heterocycles. The molecular formula is C12H18N4. The summed E-state index contributed by atoms with van der Waals surface area (Å²) in [5.41, 5.74) is 5.87. The van der Waals surface area contributed by atoms with Crippen LogP contribution in [-0.2, 0) is 6.54 Å². The van der Waals surface area contributed by atoms with E-state index in [1.54, 1.807) is 0 Å². The molecular weight excluding hydrogens is 200 g/mol. The summed E-state index contributed by atoms with van der Waals surface area (Å²) in [4.78, 5) is 4.20. The van der Waals surface area contributed by atoms with Crippen LogP contribution >= 0.6 is 0 Å². The van der Waals surface area contributed by atoms with Crippen molar-refractivity contribution in [2.24, 2.45) is 0 Å². The monoisotopic (exact) mass is 218 g/mol. The predicted molar refractivity (Wildman–Crippen MR) is 65.1 cm³/mol. The molecule has 0 fully saturated rings. The number of hydrogen-bond acceptors (Lipinski definition) is 2. The van der Waals surface area contributed by atoms with E-state index in [9.17, 15) is 0 Å². The summed E-state index contributed by atoms with van der Waals surface area (Å²) in [5.74, 6) is 1.06. The topological polar surface area (TPSA) is 34.8 Å². The average Bonchev–Trinajstić information content (AvgIpc) is 2.79. The SMILES string of the molecule is Cc1nccn1CCNn1c(C)ccc1C. The van der Waals surface area contributed by atoms with E-state index in [0.717, 1.165) is 18.9 Å². The van der Waals surface area contributed by atoms with E-state index < -0.39 is 0 Å². The molecule has 0 saturated carbocycles. The summed E-state index contributed by atoms with van der Waals surface area (Å²) in [6, 6.07) is 4.23. The quantitative estimate of drug-likeness (QED) is 0.850. The molecule has 0 radical (unpaired) electrons. The minimum Gasteiger partial charge on any atom is -0.333 e. The summed E-state index contributed by atoms with van der Waals surface area (Å²) in [5, 5.41) is 0. The molecule has 0 spiro atoms. The lowest BCUT2D eigenvalue weighted by Crippen LogP contribution is -2.22. The molecule has 2 heterocycles. The van der Waals surface area contributed by atoms with Gasteiger partial charge in [0, 0.05) is 36.9 Å². The van der Waals surface area contributed by atoms with Gasteiger partial charge >= 0.3 is 0 Å². The third-order valence-electron chi connectivity index (χ3n) is 2.82. The molecule has 4 heteroatoms. The molecule has 0 bridgehead atoms. The number of aryl methyl sites for hydroxylation is 3. The van der Waals surface area contributed by atoms with E-state index in [2.05, 4.69) is 45.6 Å². The lowest BCUT2D eigenvalue weighted by Gasteiger charge is -2.13. The largest absolute Gasteiger partial charge is 0.333 e. The van der Waals surface area contributed by atoms with Gasteiger partial charge < -0.3 is 9.99 Å². The highest BCUT2D eigenvalue weighted by molar-refractivity contribution is 5.15. The fourth-order valence-electron chi connectivity index (χ4n) is 1.84. The van der Waals surface area contributed by atoms with E-state index >= 15 is 0 Å². The third-order valence-corrected chi connectivity index (χ3v) is 2.82. The fourth-order valence-corrected chi connectivity index (χ4v) is 1.84. The number of nitrogens with zero attached hydrogens (tertiary/aromatic N) is 3. The zero-order chi connectivity index (χ0) is 11.5. The Morgan fingerprint density at radius 2 is 1.88 bits per heavy atom. The Bertz CT molecular complexity index is 448. The van der Waals surface area contributed by atoms with Crippen LogP contribution in [0.25, 0.3) is 0 Å². The van der Waals surface area contributed by atoms with E-state index in [0.29, 0.717) is 0 Å². The second kappa shape index (κ2) is 4.43. The lowest BCUT2D eigenvalue weighted by molar-refractivity contribution is 0.656. The van der Waals surface area contributed by atoms with E-state index in [1.165, 1.54) is 11.4 Å². The molecule has 0 aliphatic rings. The Morgan fingerprint density at radius 1 is 1.19 bits per heavy atom. The van der Waals surface area contributed by atoms with Crippen LogP contribution < -0.4 is 5.43 Å². The molecule has 0 saturated heterocycles. The van der Waals surface area contributed by atoms with Crippen molar-refractivity contribution in [2.45, 2.75) is 27.3 Å². The normalized spacial score (nSPS) is 10.7. The Balaban J connectivity index is 1.92. The zero-order valence-electron chi connectivity index (χ0n) is 10.1. The van der Waals surface area contributed by atoms with Gasteiger partial charge in [-0.25, -0.2) is 4.98 Å². The van der Waals surface area contributed by atoms with Gasteiger partial charge in [0.15, 0.2) is 0 Å². The molecule has 2 aromatic heterocycles. The summed E-state index contributed by atoms with van der Waals surface area (Å²) < 4.78 is 4.26. The third kappa shape index (κ3) is 2.10. The van der Waals surface area contributed by atoms with Crippen LogP contribution in [0, 0.1) is 20.8 Å². The first kappa shape index (κ1) is 10.8. The van der Waals surface area contributed by atoms with Gasteiger partial charge in [0.2, 0.25) is 0 Å². The Morgan fingerprint density at radius 3 is 2.44 bits per heavy atom. The zero-order valence-corrected chi connectivity index (χ0v) is 10.1. The van der Waals surface area contributed by atoms with E-state index in [4.69, 9.17) is 0 Å². The van der Waals surface area contributed by atoms with E-state index in [-0.39, 0.29) is 0 Å². The maximum absolute atomic E-state index is 4.20. The van der Waals surface area contributed by atoms with Crippen LogP contribution in [0.15, 0.2) is 24.5 Å². The van der Waals surface area contributed by atoms with Crippen LogP contribution in [-0.4, -0.2) is 20.8 Å². The molecule has 0 atom stereocenters. The highest BCUT2D eigenvalue weighted by Gasteiger charge is 2.00. The number of nitrogens with one attached hydrogen (secondary N) is 1. The smallest absolute Gasteiger partial charge is 0.105 e. The van der Waals surface area contributed by atoms with Crippen molar-refractivity contribution in [2.75, 3.05) is 12.0 Å². The molecule has 2 aromatic rings. The average molecular weight is 218 g/mol. The van der Waals surface area contributed by atoms with Crippen molar-refractivity contribution in [1.82, 2.24) is 14.2 Å². The van der Waals surface area contributed by atoms with Crippen LogP contribution in [0.5, 0.6) is 0 Å². The summed E-state index contributed by atoms with van der Waals surface area (Å²) in [7, 11) is 0. The molecule has 86 valence electrons. The second-order valence-electron chi connectivity index (χ2n) is 4.03. The molecule has 0 unspecified atom stereocenters. The van der Waals surface area contributed by atoms with Crippen LogP contribution in [0.3, 0.4) is 0 Å². The maximum Gasteiger partial charge on any atom is 0.105 e. The van der Waals surface area contributed by atoms with Crippen LogP contribution in [0.4, 0.5) is 0 Å². The number of rotatable bonds is 4. The molecule has 2 rings (SSSR count). The van der Waals surface area contributed by atoms with Crippen molar-refractivity contribution in [3.63, 3.8) is 0 Å².